The lowest BCUT2D eigenvalue weighted by molar-refractivity contribution is 0.584. The van der Waals surface area contributed by atoms with Crippen LogP contribution in [0.2, 0.25) is 0 Å². The third-order valence-corrected chi connectivity index (χ3v) is 2.95. The van der Waals surface area contributed by atoms with E-state index in [2.05, 4.69) is 21.1 Å². The van der Waals surface area contributed by atoms with Crippen molar-refractivity contribution in [3.63, 3.8) is 0 Å². The summed E-state index contributed by atoms with van der Waals surface area (Å²) in [5.74, 6) is -0.0181. The summed E-state index contributed by atoms with van der Waals surface area (Å²) in [6.45, 7) is 2.19. The molecule has 84 valence electrons. The van der Waals surface area contributed by atoms with E-state index >= 15 is 0 Å². The van der Waals surface area contributed by atoms with Crippen LogP contribution in [-0.4, -0.2) is 5.71 Å². The molecule has 0 N–H and O–H groups in total. The topological polar surface area (TPSA) is 12.4 Å². The third kappa shape index (κ3) is 4.25. The smallest absolute Gasteiger partial charge is 0.100 e. The summed E-state index contributed by atoms with van der Waals surface area (Å²) in [4.78, 5) is 0. The van der Waals surface area contributed by atoms with E-state index in [1.165, 1.54) is 24.8 Å². The van der Waals surface area contributed by atoms with Crippen molar-refractivity contribution in [3.05, 3.63) is 23.6 Å². The summed E-state index contributed by atoms with van der Waals surface area (Å²) >= 11 is 0. The number of halogens is 1. The minimum Gasteiger partial charge on any atom is -0.272 e. The highest BCUT2D eigenvalue weighted by atomic mass is 31.0. The van der Waals surface area contributed by atoms with Gasteiger partial charge in [-0.3, -0.25) is 4.76 Å². The van der Waals surface area contributed by atoms with E-state index in [9.17, 15) is 4.39 Å². The van der Waals surface area contributed by atoms with Gasteiger partial charge in [0.2, 0.25) is 0 Å². The highest BCUT2D eigenvalue weighted by Gasteiger charge is 2.10. The number of hydrogen-bond acceptors (Lipinski definition) is 1. The summed E-state index contributed by atoms with van der Waals surface area (Å²) in [5, 5.41) is 0. The molecular formula is C12H19FNP. The maximum Gasteiger partial charge on any atom is 0.100 e. The van der Waals surface area contributed by atoms with Crippen LogP contribution in [0.4, 0.5) is 4.39 Å². The Bertz CT molecular complexity index is 292. The molecular weight excluding hydrogens is 208 g/mol. The number of nitrogens with zero attached hydrogens (tertiary/aromatic N) is 1. The van der Waals surface area contributed by atoms with Gasteiger partial charge in [-0.25, -0.2) is 4.39 Å². The van der Waals surface area contributed by atoms with Gasteiger partial charge in [-0.1, -0.05) is 25.8 Å². The molecule has 1 aliphatic carbocycles. The fourth-order valence-electron chi connectivity index (χ4n) is 1.70. The van der Waals surface area contributed by atoms with E-state index < -0.39 is 0 Å². The fourth-order valence-corrected chi connectivity index (χ4v) is 2.00. The predicted octanol–water partition coefficient (Wildman–Crippen LogP) is 4.37. The first-order chi connectivity index (χ1) is 7.27. The van der Waals surface area contributed by atoms with E-state index in [1.54, 1.807) is 6.08 Å². The van der Waals surface area contributed by atoms with Crippen LogP contribution in [-0.2, 0) is 0 Å². The van der Waals surface area contributed by atoms with E-state index in [0.29, 0.717) is 6.42 Å². The lowest BCUT2D eigenvalue weighted by Gasteiger charge is -2.12. The lowest BCUT2D eigenvalue weighted by atomic mass is 9.96. The summed E-state index contributed by atoms with van der Waals surface area (Å²) in [6.07, 6.45) is 9.40. The minimum absolute atomic E-state index is 0.0181. The van der Waals surface area contributed by atoms with Crippen LogP contribution >= 0.6 is 9.39 Å². The van der Waals surface area contributed by atoms with Crippen molar-refractivity contribution < 1.29 is 4.39 Å². The molecule has 1 unspecified atom stereocenters. The normalized spacial score (nSPS) is 17.4. The Balaban J connectivity index is 2.53. The van der Waals surface area contributed by atoms with Gasteiger partial charge in [-0.2, -0.15) is 0 Å². The molecule has 0 aromatic heterocycles. The summed E-state index contributed by atoms with van der Waals surface area (Å²) in [6, 6.07) is 0. The summed E-state index contributed by atoms with van der Waals surface area (Å²) in [7, 11) is 2.42. The SMILES string of the molecule is CCCCCC(=NP)C1=CC=C(F)CC1. The fraction of sp³-hybridized carbons (Fsp3) is 0.583. The highest BCUT2D eigenvalue weighted by Crippen LogP contribution is 2.22. The van der Waals surface area contributed by atoms with E-state index in [-0.39, 0.29) is 5.83 Å². The maximum atomic E-state index is 12.8. The van der Waals surface area contributed by atoms with Gasteiger partial charge < -0.3 is 0 Å². The number of hydrogen-bond donors (Lipinski definition) is 0. The zero-order chi connectivity index (χ0) is 11.1. The Hall–Kier alpha value is -0.490. The first-order valence-corrected chi connectivity index (χ1v) is 6.12. The summed E-state index contributed by atoms with van der Waals surface area (Å²) in [5.41, 5.74) is 2.32. The highest BCUT2D eigenvalue weighted by molar-refractivity contribution is 7.15. The van der Waals surface area contributed by atoms with Crippen LogP contribution in [0, 0.1) is 0 Å². The van der Waals surface area contributed by atoms with Crippen molar-refractivity contribution in [2.24, 2.45) is 4.76 Å². The first kappa shape index (κ1) is 12.6. The average Bonchev–Trinajstić information content (AvgIpc) is 2.26. The molecule has 0 aromatic rings. The summed E-state index contributed by atoms with van der Waals surface area (Å²) < 4.78 is 17.0. The van der Waals surface area contributed by atoms with Crippen molar-refractivity contribution in [2.45, 2.75) is 45.4 Å². The van der Waals surface area contributed by atoms with E-state index in [1.807, 2.05) is 6.08 Å². The second-order valence-corrected chi connectivity index (χ2v) is 4.10. The van der Waals surface area contributed by atoms with E-state index in [4.69, 9.17) is 0 Å². The molecule has 0 saturated heterocycles. The van der Waals surface area contributed by atoms with Gasteiger partial charge in [0.1, 0.15) is 5.83 Å². The van der Waals surface area contributed by atoms with Crippen LogP contribution in [0.15, 0.2) is 28.3 Å². The number of rotatable bonds is 5. The van der Waals surface area contributed by atoms with Crippen LogP contribution in [0.5, 0.6) is 0 Å². The van der Waals surface area contributed by atoms with Gasteiger partial charge in [0.05, 0.1) is 0 Å². The molecule has 3 heteroatoms. The molecule has 0 amide bonds. The second-order valence-electron chi connectivity index (χ2n) is 3.84. The molecule has 0 fully saturated rings. The number of unbranched alkanes of at least 4 members (excludes halogenated alkanes) is 2. The quantitative estimate of drug-likeness (QED) is 0.375. The molecule has 1 atom stereocenters. The van der Waals surface area contributed by atoms with Crippen LogP contribution < -0.4 is 0 Å². The van der Waals surface area contributed by atoms with Crippen molar-refractivity contribution in [1.82, 2.24) is 0 Å². The third-order valence-electron chi connectivity index (χ3n) is 2.64. The molecule has 15 heavy (non-hydrogen) atoms. The van der Waals surface area contributed by atoms with Gasteiger partial charge in [-0.15, -0.1) is 0 Å². The van der Waals surface area contributed by atoms with Crippen molar-refractivity contribution >= 4 is 15.1 Å². The Morgan fingerprint density at radius 1 is 1.40 bits per heavy atom. The Morgan fingerprint density at radius 2 is 2.20 bits per heavy atom. The lowest BCUT2D eigenvalue weighted by Crippen LogP contribution is -2.04. The molecule has 0 spiro atoms. The Kier molecular flexibility index (Phi) is 5.78. The standard InChI is InChI=1S/C12H19FNP/c1-2-3-4-5-12(14-15)10-6-8-11(13)9-7-10/h6,8H,2-5,7,9,15H2,1H3. The van der Waals surface area contributed by atoms with Gasteiger partial charge in [0, 0.05) is 12.1 Å². The molecule has 0 heterocycles. The van der Waals surface area contributed by atoms with Gasteiger partial charge in [-0.05, 0) is 40.3 Å². The second kappa shape index (κ2) is 6.90. The van der Waals surface area contributed by atoms with Crippen molar-refractivity contribution in [2.75, 3.05) is 0 Å². The maximum absolute atomic E-state index is 12.8. The molecule has 0 aliphatic heterocycles. The number of allylic oxidation sites excluding steroid dienone is 4. The monoisotopic (exact) mass is 227 g/mol. The van der Waals surface area contributed by atoms with Gasteiger partial charge in [0.15, 0.2) is 0 Å². The molecule has 0 saturated carbocycles. The molecule has 0 radical (unpaired) electrons. The zero-order valence-electron chi connectivity index (χ0n) is 9.30. The average molecular weight is 227 g/mol. The molecule has 0 bridgehead atoms. The first-order valence-electron chi connectivity index (χ1n) is 5.60. The van der Waals surface area contributed by atoms with E-state index in [0.717, 1.165) is 18.6 Å². The van der Waals surface area contributed by atoms with Gasteiger partial charge >= 0.3 is 0 Å². The molecule has 0 aromatic carbocycles. The van der Waals surface area contributed by atoms with Crippen molar-refractivity contribution in [1.29, 1.82) is 0 Å². The van der Waals surface area contributed by atoms with Crippen LogP contribution in [0.3, 0.4) is 0 Å². The Labute approximate surface area is 93.8 Å². The van der Waals surface area contributed by atoms with Gasteiger partial charge in [0.25, 0.3) is 0 Å². The van der Waals surface area contributed by atoms with Crippen LogP contribution in [0.1, 0.15) is 45.4 Å². The molecule has 1 nitrogen and oxygen atoms in total. The Morgan fingerprint density at radius 3 is 2.73 bits per heavy atom. The molecule has 1 rings (SSSR count). The minimum atomic E-state index is -0.0181. The predicted molar refractivity (Wildman–Crippen MR) is 67.8 cm³/mol. The van der Waals surface area contributed by atoms with Crippen LogP contribution in [0.25, 0.3) is 0 Å². The largest absolute Gasteiger partial charge is 0.272 e. The molecule has 1 aliphatic rings. The van der Waals surface area contributed by atoms with Crippen molar-refractivity contribution in [3.8, 4) is 0 Å². The zero-order valence-corrected chi connectivity index (χ0v) is 10.5.